The summed E-state index contributed by atoms with van der Waals surface area (Å²) < 4.78 is 11.2. The summed E-state index contributed by atoms with van der Waals surface area (Å²) >= 11 is 0. The molecular formula is C20H18N2O5. The van der Waals surface area contributed by atoms with Crippen LogP contribution >= 0.6 is 0 Å². The first kappa shape index (κ1) is 18.4. The number of hydrogen-bond donors (Lipinski definition) is 1. The summed E-state index contributed by atoms with van der Waals surface area (Å²) in [6, 6.07) is 6.44. The summed E-state index contributed by atoms with van der Waals surface area (Å²) in [6.45, 7) is 6.51. The normalized spacial score (nSPS) is 14.7. The first-order chi connectivity index (χ1) is 12.6. The van der Waals surface area contributed by atoms with Crippen molar-refractivity contribution in [1.82, 2.24) is 0 Å². The Morgan fingerprint density at radius 3 is 2.63 bits per heavy atom. The molecule has 27 heavy (non-hydrogen) atoms. The van der Waals surface area contributed by atoms with E-state index in [1.807, 2.05) is 19.9 Å². The maximum Gasteiger partial charge on any atom is 0.258 e. The van der Waals surface area contributed by atoms with Crippen molar-refractivity contribution in [3.63, 3.8) is 0 Å². The Morgan fingerprint density at radius 2 is 2.00 bits per heavy atom. The lowest BCUT2D eigenvalue weighted by Crippen LogP contribution is -2.36. The lowest BCUT2D eigenvalue weighted by molar-refractivity contribution is 0.0620. The van der Waals surface area contributed by atoms with Crippen LogP contribution in [0.5, 0.6) is 5.75 Å². The van der Waals surface area contributed by atoms with Crippen LogP contribution in [0.25, 0.3) is 0 Å². The highest BCUT2D eigenvalue weighted by Gasteiger charge is 2.33. The van der Waals surface area contributed by atoms with Gasteiger partial charge in [0.15, 0.2) is 11.6 Å². The van der Waals surface area contributed by atoms with Crippen LogP contribution in [-0.4, -0.2) is 23.1 Å². The standard InChI is InChI=1S/C20H18N2O5/c1-10(23)17-11(2)26-19(14(17)9-21)22-18(25)12-5-6-16-13(7-12)15(24)8-20(3,4)27-16/h5-7H,8H2,1-4H3,(H,22,25). The second kappa shape index (κ2) is 6.40. The number of nitrogens with zero attached hydrogens (tertiary/aromatic N) is 1. The van der Waals surface area contributed by atoms with E-state index < -0.39 is 11.5 Å². The number of benzene rings is 1. The van der Waals surface area contributed by atoms with Gasteiger partial charge in [0.25, 0.3) is 5.91 Å². The maximum absolute atomic E-state index is 12.6. The first-order valence-corrected chi connectivity index (χ1v) is 8.35. The monoisotopic (exact) mass is 366 g/mol. The van der Waals surface area contributed by atoms with Gasteiger partial charge in [-0.05, 0) is 45.9 Å². The van der Waals surface area contributed by atoms with Crippen molar-refractivity contribution in [2.24, 2.45) is 0 Å². The van der Waals surface area contributed by atoms with Crippen LogP contribution in [0.15, 0.2) is 22.6 Å². The maximum atomic E-state index is 12.6. The van der Waals surface area contributed by atoms with Gasteiger partial charge in [-0.3, -0.25) is 19.7 Å². The number of amides is 1. The molecule has 1 aromatic carbocycles. The number of carbonyl (C=O) groups excluding carboxylic acids is 3. The highest BCUT2D eigenvalue weighted by Crippen LogP contribution is 2.34. The number of ether oxygens (including phenoxy) is 1. The molecule has 0 bridgehead atoms. The zero-order chi connectivity index (χ0) is 19.9. The fourth-order valence-corrected chi connectivity index (χ4v) is 3.13. The molecule has 138 valence electrons. The second-order valence-electron chi connectivity index (χ2n) is 7.03. The molecule has 0 fully saturated rings. The predicted octanol–water partition coefficient (Wildman–Crippen LogP) is 3.66. The van der Waals surface area contributed by atoms with Gasteiger partial charge in [-0.1, -0.05) is 0 Å². The van der Waals surface area contributed by atoms with Crippen LogP contribution in [0.1, 0.15) is 69.6 Å². The molecule has 3 rings (SSSR count). The molecule has 0 saturated heterocycles. The van der Waals surface area contributed by atoms with Crippen LogP contribution in [0, 0.1) is 18.3 Å². The van der Waals surface area contributed by atoms with Gasteiger partial charge >= 0.3 is 0 Å². The number of rotatable bonds is 3. The molecule has 1 aliphatic rings. The van der Waals surface area contributed by atoms with Crippen molar-refractivity contribution in [3.05, 3.63) is 46.2 Å². The van der Waals surface area contributed by atoms with Crippen LogP contribution in [0.2, 0.25) is 0 Å². The molecule has 1 N–H and O–H groups in total. The van der Waals surface area contributed by atoms with E-state index in [-0.39, 0.29) is 46.3 Å². The van der Waals surface area contributed by atoms with Crippen LogP contribution in [0.3, 0.4) is 0 Å². The number of aryl methyl sites for hydroxylation is 1. The molecule has 1 aromatic heterocycles. The van der Waals surface area contributed by atoms with E-state index in [4.69, 9.17) is 9.15 Å². The first-order valence-electron chi connectivity index (χ1n) is 8.35. The summed E-state index contributed by atoms with van der Waals surface area (Å²) in [7, 11) is 0. The fourth-order valence-electron chi connectivity index (χ4n) is 3.13. The number of nitriles is 1. The van der Waals surface area contributed by atoms with Gasteiger partial charge in [-0.2, -0.15) is 5.26 Å². The van der Waals surface area contributed by atoms with Gasteiger partial charge in [0.05, 0.1) is 17.5 Å². The largest absolute Gasteiger partial charge is 0.487 e. The van der Waals surface area contributed by atoms with E-state index in [1.165, 1.54) is 19.1 Å². The Morgan fingerprint density at radius 1 is 1.30 bits per heavy atom. The Bertz CT molecular complexity index is 1020. The van der Waals surface area contributed by atoms with Crippen molar-refractivity contribution >= 4 is 23.4 Å². The van der Waals surface area contributed by atoms with E-state index >= 15 is 0 Å². The number of fused-ring (bicyclic) bond motifs is 1. The Labute approximate surface area is 155 Å². The minimum Gasteiger partial charge on any atom is -0.487 e. The van der Waals surface area contributed by atoms with Gasteiger partial charge in [-0.25, -0.2) is 0 Å². The van der Waals surface area contributed by atoms with Crippen LogP contribution in [-0.2, 0) is 0 Å². The quantitative estimate of drug-likeness (QED) is 0.830. The number of anilines is 1. The third-order valence-electron chi connectivity index (χ3n) is 4.29. The van der Waals surface area contributed by atoms with E-state index in [2.05, 4.69) is 5.32 Å². The van der Waals surface area contributed by atoms with Crippen molar-refractivity contribution in [2.45, 2.75) is 39.7 Å². The molecule has 2 heterocycles. The minimum atomic E-state index is -0.593. The Kier molecular flexibility index (Phi) is 4.36. The van der Waals surface area contributed by atoms with Gasteiger partial charge in [-0.15, -0.1) is 0 Å². The molecule has 1 amide bonds. The van der Waals surface area contributed by atoms with Crippen LogP contribution < -0.4 is 10.1 Å². The molecule has 0 saturated carbocycles. The third kappa shape index (κ3) is 3.34. The SMILES string of the molecule is CC(=O)c1c(C)oc(NC(=O)c2ccc3c(c2)C(=O)CC(C)(C)O3)c1C#N. The number of Topliss-reactive ketones (excluding diaryl/α,β-unsaturated/α-hetero) is 2. The zero-order valence-electron chi connectivity index (χ0n) is 15.4. The minimum absolute atomic E-state index is 0.0209. The summed E-state index contributed by atoms with van der Waals surface area (Å²) in [6.07, 6.45) is 0.211. The van der Waals surface area contributed by atoms with Crippen molar-refractivity contribution < 1.29 is 23.5 Å². The Balaban J connectivity index is 1.92. The molecule has 7 nitrogen and oxygen atoms in total. The Hall–Kier alpha value is -3.40. The highest BCUT2D eigenvalue weighted by atomic mass is 16.5. The lowest BCUT2D eigenvalue weighted by atomic mass is 9.92. The number of ketones is 2. The second-order valence-corrected chi connectivity index (χ2v) is 7.03. The van der Waals surface area contributed by atoms with Gasteiger partial charge in [0.1, 0.15) is 28.7 Å². The molecule has 0 atom stereocenters. The summed E-state index contributed by atoms with van der Waals surface area (Å²) in [4.78, 5) is 36.6. The van der Waals surface area contributed by atoms with E-state index in [1.54, 1.807) is 13.0 Å². The molecule has 7 heteroatoms. The molecule has 2 aromatic rings. The zero-order valence-corrected chi connectivity index (χ0v) is 15.4. The number of nitrogens with one attached hydrogen (secondary N) is 1. The highest BCUT2D eigenvalue weighted by molar-refractivity contribution is 6.08. The van der Waals surface area contributed by atoms with Crippen LogP contribution in [0.4, 0.5) is 5.88 Å². The predicted molar refractivity (Wildman–Crippen MR) is 96.2 cm³/mol. The smallest absolute Gasteiger partial charge is 0.258 e. The molecular weight excluding hydrogens is 348 g/mol. The molecule has 0 radical (unpaired) electrons. The van der Waals surface area contributed by atoms with Crippen molar-refractivity contribution in [3.8, 4) is 11.8 Å². The summed E-state index contributed by atoms with van der Waals surface area (Å²) in [5.74, 6) is -0.403. The molecule has 1 aliphatic heterocycles. The topological polar surface area (TPSA) is 109 Å². The number of carbonyl (C=O) groups is 3. The lowest BCUT2D eigenvalue weighted by Gasteiger charge is -2.31. The van der Waals surface area contributed by atoms with Gasteiger partial charge < -0.3 is 9.15 Å². The molecule has 0 unspecified atom stereocenters. The number of furan rings is 1. The average molecular weight is 366 g/mol. The van der Waals surface area contributed by atoms with Gasteiger partial charge in [0, 0.05) is 5.56 Å². The summed E-state index contributed by atoms with van der Waals surface area (Å²) in [5, 5.41) is 11.8. The van der Waals surface area contributed by atoms with Crippen molar-refractivity contribution in [1.29, 1.82) is 5.26 Å². The third-order valence-corrected chi connectivity index (χ3v) is 4.29. The number of hydrogen-bond acceptors (Lipinski definition) is 6. The van der Waals surface area contributed by atoms with Gasteiger partial charge in [0.2, 0.25) is 5.88 Å². The van der Waals surface area contributed by atoms with Crippen molar-refractivity contribution in [2.75, 3.05) is 5.32 Å². The fraction of sp³-hybridized carbons (Fsp3) is 0.300. The van der Waals surface area contributed by atoms with E-state index in [0.717, 1.165) is 0 Å². The molecule has 0 spiro atoms. The van der Waals surface area contributed by atoms with E-state index in [0.29, 0.717) is 11.3 Å². The average Bonchev–Trinajstić information content (AvgIpc) is 2.88. The molecule has 0 aliphatic carbocycles. The summed E-state index contributed by atoms with van der Waals surface area (Å²) in [5.41, 5.74) is 0.0800. The van der Waals surface area contributed by atoms with E-state index in [9.17, 15) is 19.6 Å².